The number of ether oxygens (including phenoxy) is 1. The minimum atomic E-state index is -0.575. The van der Waals surface area contributed by atoms with Crippen LogP contribution >= 0.6 is 34.7 Å². The van der Waals surface area contributed by atoms with Crippen LogP contribution in [0.4, 0.5) is 10.6 Å². The molecule has 0 atom stereocenters. The Morgan fingerprint density at radius 1 is 1.18 bits per heavy atom. The predicted octanol–water partition coefficient (Wildman–Crippen LogP) is 6.59. The molecular weight excluding hydrogens is 540 g/mol. The van der Waals surface area contributed by atoms with Crippen molar-refractivity contribution in [3.05, 3.63) is 57.1 Å². The number of benzene rings is 1. The number of amides is 1. The molecule has 3 aromatic rings. The number of nitriles is 2. The lowest BCUT2D eigenvalue weighted by atomic mass is 9.84. The number of hydrogen-bond donors (Lipinski definition) is 1. The third kappa shape index (κ3) is 6.39. The van der Waals surface area contributed by atoms with E-state index in [0.717, 1.165) is 16.3 Å². The number of nitrogens with two attached hydrogens (primary N) is 1. The number of thiazole rings is 1. The summed E-state index contributed by atoms with van der Waals surface area (Å²) in [5.41, 5.74) is 8.68. The summed E-state index contributed by atoms with van der Waals surface area (Å²) in [6.45, 7) is 6.43. The van der Waals surface area contributed by atoms with E-state index in [4.69, 9.17) is 27.1 Å². The van der Waals surface area contributed by atoms with Crippen LogP contribution in [0.3, 0.4) is 0 Å². The second-order valence-corrected chi connectivity index (χ2v) is 12.1. The average Bonchev–Trinajstić information content (AvgIpc) is 3.35. The Balaban J connectivity index is 1.53. The van der Waals surface area contributed by atoms with Gasteiger partial charge >= 0.3 is 6.09 Å². The van der Waals surface area contributed by atoms with Crippen LogP contribution in [0.25, 0.3) is 10.6 Å². The van der Waals surface area contributed by atoms with Crippen LogP contribution in [-0.2, 0) is 10.5 Å². The van der Waals surface area contributed by atoms with Gasteiger partial charge in [0, 0.05) is 34.8 Å². The topological polar surface area (TPSA) is 129 Å². The standard InChI is InChI=1S/C27H27ClN6O2S2/c1-27(2,3)36-26(35)34-10-8-16(9-11-34)22-20(12-29)23(31)33-25(21(22)13-30)38-15-19-14-37-24(32-19)17-4-6-18(28)7-5-17/h4-7,14,16H,8-11,15H2,1-3H3,(H2,31,33). The number of likely N-dealkylation sites (tertiary alicyclic amines) is 1. The number of hydrogen-bond acceptors (Lipinski definition) is 9. The van der Waals surface area contributed by atoms with Gasteiger partial charge in [-0.3, -0.25) is 0 Å². The summed E-state index contributed by atoms with van der Waals surface area (Å²) < 4.78 is 5.49. The molecule has 2 aromatic heterocycles. The third-order valence-corrected chi connectivity index (χ3v) is 8.21. The fraction of sp³-hybridized carbons (Fsp3) is 0.370. The van der Waals surface area contributed by atoms with Crippen molar-refractivity contribution in [2.75, 3.05) is 18.8 Å². The summed E-state index contributed by atoms with van der Waals surface area (Å²) in [7, 11) is 0. The van der Waals surface area contributed by atoms with Crippen LogP contribution in [0.5, 0.6) is 0 Å². The van der Waals surface area contributed by atoms with Crippen molar-refractivity contribution in [3.63, 3.8) is 0 Å². The number of nitrogen functional groups attached to an aromatic ring is 1. The Morgan fingerprint density at radius 3 is 2.45 bits per heavy atom. The summed E-state index contributed by atoms with van der Waals surface area (Å²) in [5.74, 6) is 0.505. The Bertz CT molecular complexity index is 1410. The summed E-state index contributed by atoms with van der Waals surface area (Å²) >= 11 is 8.90. The van der Waals surface area contributed by atoms with Gasteiger partial charge in [-0.2, -0.15) is 10.5 Å². The fourth-order valence-electron chi connectivity index (χ4n) is 4.26. The van der Waals surface area contributed by atoms with Gasteiger partial charge in [0.2, 0.25) is 0 Å². The van der Waals surface area contributed by atoms with Gasteiger partial charge in [0.25, 0.3) is 0 Å². The maximum atomic E-state index is 12.5. The smallest absolute Gasteiger partial charge is 0.410 e. The molecule has 2 N–H and O–H groups in total. The van der Waals surface area contributed by atoms with Crippen molar-refractivity contribution in [1.29, 1.82) is 10.5 Å². The molecule has 1 amide bonds. The number of thioether (sulfide) groups is 1. The summed E-state index contributed by atoms with van der Waals surface area (Å²) in [6.07, 6.45) is 0.822. The highest BCUT2D eigenvalue weighted by atomic mass is 35.5. The molecule has 38 heavy (non-hydrogen) atoms. The minimum Gasteiger partial charge on any atom is -0.444 e. The largest absolute Gasteiger partial charge is 0.444 e. The highest BCUT2D eigenvalue weighted by Crippen LogP contribution is 2.39. The van der Waals surface area contributed by atoms with Crippen molar-refractivity contribution >= 4 is 46.6 Å². The molecule has 4 rings (SSSR count). The lowest BCUT2D eigenvalue weighted by molar-refractivity contribution is 0.0204. The molecule has 0 radical (unpaired) electrons. The zero-order valence-electron chi connectivity index (χ0n) is 21.3. The number of nitrogens with zero attached hydrogens (tertiary/aromatic N) is 5. The number of anilines is 1. The Kier molecular flexibility index (Phi) is 8.47. The van der Waals surface area contributed by atoms with Crippen LogP contribution in [0, 0.1) is 22.7 Å². The van der Waals surface area contributed by atoms with Crippen molar-refractivity contribution in [2.24, 2.45) is 0 Å². The molecule has 1 aliphatic heterocycles. The Labute approximate surface area is 235 Å². The van der Waals surface area contributed by atoms with E-state index in [1.165, 1.54) is 23.1 Å². The average molecular weight is 567 g/mol. The number of piperidine rings is 1. The number of aromatic nitrogens is 2. The molecule has 0 aliphatic carbocycles. The normalized spacial score (nSPS) is 14.1. The number of rotatable bonds is 5. The Morgan fingerprint density at radius 2 is 1.84 bits per heavy atom. The summed E-state index contributed by atoms with van der Waals surface area (Å²) in [5, 5.41) is 24.0. The van der Waals surface area contributed by atoms with Crippen molar-refractivity contribution in [3.8, 4) is 22.7 Å². The molecule has 1 fully saturated rings. The van der Waals surface area contributed by atoms with Gasteiger partial charge in [-0.25, -0.2) is 14.8 Å². The number of carbonyl (C=O) groups excluding carboxylic acids is 1. The van der Waals surface area contributed by atoms with E-state index in [2.05, 4.69) is 17.1 Å². The molecule has 0 saturated carbocycles. The highest BCUT2D eigenvalue weighted by molar-refractivity contribution is 7.98. The molecule has 196 valence electrons. The molecule has 0 spiro atoms. The summed E-state index contributed by atoms with van der Waals surface area (Å²) in [4.78, 5) is 23.3. The summed E-state index contributed by atoms with van der Waals surface area (Å²) in [6, 6.07) is 11.9. The van der Waals surface area contributed by atoms with Crippen LogP contribution in [0.15, 0.2) is 34.7 Å². The SMILES string of the molecule is CC(C)(C)OC(=O)N1CCC(c2c(C#N)c(N)nc(SCc3csc(-c4ccc(Cl)cc4)n3)c2C#N)CC1. The molecule has 8 nitrogen and oxygen atoms in total. The highest BCUT2D eigenvalue weighted by Gasteiger charge is 2.32. The third-order valence-electron chi connectivity index (χ3n) is 6.01. The molecule has 1 aromatic carbocycles. The zero-order valence-corrected chi connectivity index (χ0v) is 23.7. The van der Waals surface area contributed by atoms with E-state index < -0.39 is 5.60 Å². The number of carbonyl (C=O) groups is 1. The quantitative estimate of drug-likeness (QED) is 0.342. The lowest BCUT2D eigenvalue weighted by Crippen LogP contribution is -2.41. The van der Waals surface area contributed by atoms with Gasteiger partial charge in [-0.05, 0) is 57.2 Å². The molecule has 0 bridgehead atoms. The predicted molar refractivity (Wildman–Crippen MR) is 150 cm³/mol. The van der Waals surface area contributed by atoms with Gasteiger partial charge in [0.05, 0.1) is 16.8 Å². The van der Waals surface area contributed by atoms with Crippen molar-refractivity contribution in [1.82, 2.24) is 14.9 Å². The van der Waals surface area contributed by atoms with Crippen molar-refractivity contribution < 1.29 is 9.53 Å². The maximum absolute atomic E-state index is 12.5. The molecule has 3 heterocycles. The molecule has 11 heteroatoms. The van der Waals surface area contributed by atoms with E-state index in [-0.39, 0.29) is 23.4 Å². The Hall–Kier alpha value is -3.31. The first-order valence-electron chi connectivity index (χ1n) is 12.0. The van der Waals surface area contributed by atoms with Gasteiger partial charge in [0.15, 0.2) is 0 Å². The molecular formula is C27H27ClN6O2S2. The minimum absolute atomic E-state index is 0.0987. The number of pyridine rings is 1. The molecule has 1 saturated heterocycles. The first kappa shape index (κ1) is 27.7. The van der Waals surface area contributed by atoms with E-state index >= 15 is 0 Å². The lowest BCUT2D eigenvalue weighted by Gasteiger charge is -2.34. The fourth-order valence-corrected chi connectivity index (χ4v) is 6.21. The zero-order chi connectivity index (χ0) is 27.4. The van der Waals surface area contributed by atoms with Crippen LogP contribution in [0.2, 0.25) is 5.02 Å². The van der Waals surface area contributed by atoms with E-state index in [1.54, 1.807) is 4.90 Å². The van der Waals surface area contributed by atoms with Crippen molar-refractivity contribution in [2.45, 2.75) is 55.9 Å². The maximum Gasteiger partial charge on any atom is 0.410 e. The van der Waals surface area contributed by atoms with Gasteiger partial charge in [0.1, 0.15) is 33.6 Å². The van der Waals surface area contributed by atoms with E-state index in [1.807, 2.05) is 50.4 Å². The van der Waals surface area contributed by atoms with Crippen LogP contribution in [0.1, 0.15) is 61.9 Å². The van der Waals surface area contributed by atoms with Gasteiger partial charge in [-0.1, -0.05) is 35.5 Å². The first-order valence-corrected chi connectivity index (χ1v) is 14.3. The second kappa shape index (κ2) is 11.6. The molecule has 1 aliphatic rings. The van der Waals surface area contributed by atoms with Crippen LogP contribution in [-0.4, -0.2) is 39.7 Å². The van der Waals surface area contributed by atoms with Crippen LogP contribution < -0.4 is 5.73 Å². The van der Waals surface area contributed by atoms with Gasteiger partial charge in [-0.15, -0.1) is 11.3 Å². The number of halogens is 1. The second-order valence-electron chi connectivity index (χ2n) is 9.87. The van der Waals surface area contributed by atoms with E-state index in [9.17, 15) is 15.3 Å². The van der Waals surface area contributed by atoms with Gasteiger partial charge < -0.3 is 15.4 Å². The van der Waals surface area contributed by atoms with E-state index in [0.29, 0.717) is 52.9 Å². The monoisotopic (exact) mass is 566 g/mol. The first-order chi connectivity index (χ1) is 18.1. The molecule has 0 unspecified atom stereocenters.